The van der Waals surface area contributed by atoms with Gasteiger partial charge in [-0.15, -0.1) is 0 Å². The van der Waals surface area contributed by atoms with E-state index in [1.54, 1.807) is 12.1 Å². The lowest BCUT2D eigenvalue weighted by Gasteiger charge is -2.24. The molecule has 0 saturated carbocycles. The maximum atomic E-state index is 12.1. The molecule has 1 aromatic rings. The summed E-state index contributed by atoms with van der Waals surface area (Å²) in [5.74, 6) is -1.46. The minimum atomic E-state index is -3.88. The lowest BCUT2D eigenvalue weighted by atomic mass is 10.0. The third-order valence-corrected chi connectivity index (χ3v) is 6.30. The molecular weight excluding hydrogens is 346 g/mol. The van der Waals surface area contributed by atoms with Crippen molar-refractivity contribution in [3.63, 3.8) is 0 Å². The van der Waals surface area contributed by atoms with Gasteiger partial charge < -0.3 is 9.84 Å². The lowest BCUT2D eigenvalue weighted by Crippen LogP contribution is -2.46. The Kier molecular flexibility index (Phi) is 5.22. The first-order valence-corrected chi connectivity index (χ1v) is 9.61. The molecule has 0 aromatic heterocycles. The molecule has 1 N–H and O–H groups in total. The van der Waals surface area contributed by atoms with E-state index in [9.17, 15) is 23.1 Å². The number of amides is 1. The first-order chi connectivity index (χ1) is 11.6. The van der Waals surface area contributed by atoms with Crippen molar-refractivity contribution < 1.29 is 27.9 Å². The molecule has 8 heteroatoms. The highest BCUT2D eigenvalue weighted by Gasteiger charge is 2.48. The van der Waals surface area contributed by atoms with Crippen molar-refractivity contribution in [2.75, 3.05) is 17.7 Å². The van der Waals surface area contributed by atoms with Gasteiger partial charge >= 0.3 is 12.1 Å². The van der Waals surface area contributed by atoms with Crippen molar-refractivity contribution in [3.8, 4) is 0 Å². The van der Waals surface area contributed by atoms with Crippen LogP contribution in [-0.4, -0.2) is 49.2 Å². The molecule has 1 saturated heterocycles. The molecule has 7 nitrogen and oxygen atoms in total. The highest BCUT2D eigenvalue weighted by atomic mass is 32.2. The van der Waals surface area contributed by atoms with E-state index >= 15 is 0 Å². The standard InChI is InChI=1S/C17H21NO6S/c1-4-5-12-6-8-13(9-7-12)18-11-14(24-16(18)21)10-17(2,15(19)20)25(3,22)23/h4-9,14H,10-11H2,1-3H3,(H,19,20)/b5-4-/t14-,17+/m0/s1. The summed E-state index contributed by atoms with van der Waals surface area (Å²) in [6, 6.07) is 7.19. The molecule has 1 aliphatic rings. The number of ether oxygens (including phenoxy) is 1. The fourth-order valence-electron chi connectivity index (χ4n) is 2.63. The second-order valence-electron chi connectivity index (χ2n) is 6.22. The van der Waals surface area contributed by atoms with Crippen LogP contribution in [0.2, 0.25) is 0 Å². The first kappa shape index (κ1) is 19.0. The average Bonchev–Trinajstić information content (AvgIpc) is 2.87. The molecule has 0 bridgehead atoms. The number of nitrogens with zero attached hydrogens (tertiary/aromatic N) is 1. The van der Waals surface area contributed by atoms with Crippen LogP contribution in [0.15, 0.2) is 30.3 Å². The van der Waals surface area contributed by atoms with Crippen LogP contribution >= 0.6 is 0 Å². The van der Waals surface area contributed by atoms with E-state index in [4.69, 9.17) is 4.74 Å². The molecule has 1 aliphatic heterocycles. The summed E-state index contributed by atoms with van der Waals surface area (Å²) < 4.78 is 26.9. The summed E-state index contributed by atoms with van der Waals surface area (Å²) in [6.07, 6.45) is 2.94. The zero-order chi connectivity index (χ0) is 18.8. The molecule has 25 heavy (non-hydrogen) atoms. The van der Waals surface area contributed by atoms with E-state index in [1.807, 2.05) is 31.2 Å². The molecule has 1 heterocycles. The van der Waals surface area contributed by atoms with Crippen LogP contribution in [0.3, 0.4) is 0 Å². The molecule has 1 amide bonds. The van der Waals surface area contributed by atoms with Crippen LogP contribution < -0.4 is 4.90 Å². The quantitative estimate of drug-likeness (QED) is 0.828. The summed E-state index contributed by atoms with van der Waals surface area (Å²) in [7, 11) is -3.88. The van der Waals surface area contributed by atoms with E-state index in [0.29, 0.717) is 5.69 Å². The van der Waals surface area contributed by atoms with E-state index in [2.05, 4.69) is 0 Å². The Labute approximate surface area is 146 Å². The van der Waals surface area contributed by atoms with Crippen LogP contribution in [-0.2, 0) is 19.4 Å². The number of benzene rings is 1. The average molecular weight is 367 g/mol. The fourth-order valence-corrected chi connectivity index (χ4v) is 3.43. The Morgan fingerprint density at radius 1 is 1.40 bits per heavy atom. The van der Waals surface area contributed by atoms with Gasteiger partial charge in [0, 0.05) is 18.4 Å². The minimum absolute atomic E-state index is 0.0974. The van der Waals surface area contributed by atoms with Gasteiger partial charge in [0.05, 0.1) is 6.54 Å². The van der Waals surface area contributed by atoms with Crippen LogP contribution in [0.5, 0.6) is 0 Å². The zero-order valence-corrected chi connectivity index (χ0v) is 15.1. The molecule has 0 aliphatic carbocycles. The van der Waals surface area contributed by atoms with E-state index in [0.717, 1.165) is 18.7 Å². The van der Waals surface area contributed by atoms with Crippen molar-refractivity contribution in [2.45, 2.75) is 31.1 Å². The third kappa shape index (κ3) is 3.84. The number of hydrogen-bond donors (Lipinski definition) is 1. The first-order valence-electron chi connectivity index (χ1n) is 7.72. The van der Waals surface area contributed by atoms with Gasteiger partial charge in [0.25, 0.3) is 0 Å². The number of cyclic esters (lactones) is 1. The van der Waals surface area contributed by atoms with E-state index in [1.165, 1.54) is 4.90 Å². The molecule has 136 valence electrons. The maximum Gasteiger partial charge on any atom is 0.414 e. The third-order valence-electron chi connectivity index (χ3n) is 4.33. The number of allylic oxidation sites excluding steroid dienone is 1. The highest BCUT2D eigenvalue weighted by molar-refractivity contribution is 7.92. The Morgan fingerprint density at radius 2 is 2.00 bits per heavy atom. The van der Waals surface area contributed by atoms with Crippen LogP contribution in [0, 0.1) is 0 Å². The number of rotatable bonds is 6. The highest BCUT2D eigenvalue weighted by Crippen LogP contribution is 2.30. The van der Waals surface area contributed by atoms with Crippen molar-refractivity contribution in [2.24, 2.45) is 0 Å². The van der Waals surface area contributed by atoms with Crippen LogP contribution in [0.1, 0.15) is 25.8 Å². The Balaban J connectivity index is 2.18. The Bertz CT molecular complexity index is 799. The lowest BCUT2D eigenvalue weighted by molar-refractivity contribution is -0.140. The van der Waals surface area contributed by atoms with Crippen molar-refractivity contribution in [1.82, 2.24) is 0 Å². The second kappa shape index (κ2) is 6.87. The van der Waals surface area contributed by atoms with Gasteiger partial charge in [-0.05, 0) is 31.5 Å². The summed E-state index contributed by atoms with van der Waals surface area (Å²) in [5.41, 5.74) is 1.59. The van der Waals surface area contributed by atoms with Crippen molar-refractivity contribution in [3.05, 3.63) is 35.9 Å². The maximum absolute atomic E-state index is 12.1. The predicted octanol–water partition coefficient (Wildman–Crippen LogP) is 2.32. The molecule has 0 spiro atoms. The largest absolute Gasteiger partial charge is 0.480 e. The SMILES string of the molecule is C/C=C\c1ccc(N2C[C@H](C[C@](C)(C(=O)O)S(C)(=O)=O)OC2=O)cc1. The smallest absolute Gasteiger partial charge is 0.414 e. The van der Waals surface area contributed by atoms with Crippen LogP contribution in [0.4, 0.5) is 10.5 Å². The van der Waals surface area contributed by atoms with Gasteiger partial charge in [0.2, 0.25) is 0 Å². The number of carboxylic acids is 1. The molecule has 2 atom stereocenters. The minimum Gasteiger partial charge on any atom is -0.480 e. The second-order valence-corrected chi connectivity index (χ2v) is 8.67. The normalized spacial score (nSPS) is 20.5. The predicted molar refractivity (Wildman–Crippen MR) is 94.3 cm³/mol. The summed E-state index contributed by atoms with van der Waals surface area (Å²) in [5, 5.41) is 9.32. The van der Waals surface area contributed by atoms with Gasteiger partial charge in [-0.3, -0.25) is 9.69 Å². The number of carbonyl (C=O) groups excluding carboxylic acids is 1. The number of hydrogen-bond acceptors (Lipinski definition) is 5. The molecule has 0 radical (unpaired) electrons. The summed E-state index contributed by atoms with van der Waals surface area (Å²) in [4.78, 5) is 24.9. The van der Waals surface area contributed by atoms with Gasteiger partial charge in [-0.1, -0.05) is 24.3 Å². The molecule has 2 rings (SSSR count). The molecule has 1 fully saturated rings. The van der Waals surface area contributed by atoms with Crippen molar-refractivity contribution >= 4 is 33.7 Å². The topological polar surface area (TPSA) is 101 Å². The van der Waals surface area contributed by atoms with Crippen molar-refractivity contribution in [1.29, 1.82) is 0 Å². The van der Waals surface area contributed by atoms with E-state index < -0.39 is 32.8 Å². The van der Waals surface area contributed by atoms with E-state index in [-0.39, 0.29) is 13.0 Å². The van der Waals surface area contributed by atoms with Gasteiger partial charge in [-0.2, -0.15) is 0 Å². The molecule has 1 aromatic carbocycles. The van der Waals surface area contributed by atoms with Crippen LogP contribution in [0.25, 0.3) is 6.08 Å². The van der Waals surface area contributed by atoms with Gasteiger partial charge in [0.15, 0.2) is 14.6 Å². The Morgan fingerprint density at radius 3 is 2.48 bits per heavy atom. The zero-order valence-electron chi connectivity index (χ0n) is 14.3. The number of carboxylic acid groups (broad SMARTS) is 1. The van der Waals surface area contributed by atoms with Gasteiger partial charge in [-0.25, -0.2) is 13.2 Å². The van der Waals surface area contributed by atoms with Gasteiger partial charge in [0.1, 0.15) is 6.10 Å². The molecule has 0 unspecified atom stereocenters. The molecular formula is C17H21NO6S. The number of carbonyl (C=O) groups is 2. The number of anilines is 1. The Hall–Kier alpha value is -2.35. The fraction of sp³-hybridized carbons (Fsp3) is 0.412. The number of sulfone groups is 1. The summed E-state index contributed by atoms with van der Waals surface area (Å²) in [6.45, 7) is 3.13. The monoisotopic (exact) mass is 367 g/mol. The number of aliphatic carboxylic acids is 1. The summed E-state index contributed by atoms with van der Waals surface area (Å²) >= 11 is 0.